The lowest BCUT2D eigenvalue weighted by atomic mass is 10.3. The van der Waals surface area contributed by atoms with Gasteiger partial charge in [-0.05, 0) is 18.2 Å². The Labute approximate surface area is 81.5 Å². The maximum absolute atomic E-state index is 10.7. The van der Waals surface area contributed by atoms with Crippen molar-refractivity contribution in [3.8, 4) is 0 Å². The van der Waals surface area contributed by atoms with Gasteiger partial charge in [-0.15, -0.1) is 0 Å². The summed E-state index contributed by atoms with van der Waals surface area (Å²) in [7, 11) is 0. The first kappa shape index (κ1) is 10.6. The molecule has 14 heavy (non-hydrogen) atoms. The van der Waals surface area contributed by atoms with E-state index in [2.05, 4.69) is 14.9 Å². The number of aromatic nitrogens is 2. The van der Waals surface area contributed by atoms with E-state index in [1.54, 1.807) is 0 Å². The first-order chi connectivity index (χ1) is 6.69. The zero-order valence-corrected chi connectivity index (χ0v) is 8.23. The second-order valence-corrected chi connectivity index (χ2v) is 2.83. The third kappa shape index (κ3) is 2.29. The molecule has 1 N–H and O–H groups in total. The largest absolute Gasteiger partial charge is 0.476 e. The maximum Gasteiger partial charge on any atom is 0.360 e. The van der Waals surface area contributed by atoms with Crippen LogP contribution in [0.3, 0.4) is 0 Å². The molecule has 0 unspecified atom stereocenters. The van der Waals surface area contributed by atoms with Gasteiger partial charge >= 0.3 is 5.97 Å². The van der Waals surface area contributed by atoms with Crippen molar-refractivity contribution >= 4 is 5.97 Å². The minimum atomic E-state index is -1.10. The fourth-order valence-electron chi connectivity index (χ4n) is 1.13. The van der Waals surface area contributed by atoms with Crippen LogP contribution in [-0.2, 0) is 6.54 Å². The number of aromatic carboxylic acids is 1. The number of rotatable bonds is 5. The molecule has 0 aliphatic heterocycles. The smallest absolute Gasteiger partial charge is 0.360 e. The first-order valence-electron chi connectivity index (χ1n) is 4.46. The van der Waals surface area contributed by atoms with Crippen LogP contribution in [-0.4, -0.2) is 39.4 Å². The van der Waals surface area contributed by atoms with E-state index in [1.807, 2.05) is 18.7 Å². The third-order valence-corrected chi connectivity index (χ3v) is 2.03. The summed E-state index contributed by atoms with van der Waals surface area (Å²) in [4.78, 5) is 12.7. The normalized spacial score (nSPS) is 10.8. The Morgan fingerprint density at radius 2 is 2.07 bits per heavy atom. The van der Waals surface area contributed by atoms with E-state index in [0.717, 1.165) is 13.1 Å². The summed E-state index contributed by atoms with van der Waals surface area (Å²) in [5, 5.41) is 15.6. The highest BCUT2D eigenvalue weighted by Gasteiger charge is 2.18. The van der Waals surface area contributed by atoms with Gasteiger partial charge in [0.1, 0.15) is 5.69 Å². The Morgan fingerprint density at radius 3 is 2.57 bits per heavy atom. The molecular weight excluding hydrogens is 186 g/mol. The van der Waals surface area contributed by atoms with Gasteiger partial charge in [-0.1, -0.05) is 19.0 Å². The Kier molecular flexibility index (Phi) is 3.58. The summed E-state index contributed by atoms with van der Waals surface area (Å²) in [5.74, 6) is -1.10. The molecule has 0 atom stereocenters. The highest BCUT2D eigenvalue weighted by Crippen LogP contribution is 2.06. The maximum atomic E-state index is 10.7. The van der Waals surface area contributed by atoms with E-state index in [0.29, 0.717) is 12.2 Å². The predicted octanol–water partition coefficient (Wildman–Crippen LogP) is 0.610. The van der Waals surface area contributed by atoms with Crippen LogP contribution in [0.15, 0.2) is 4.63 Å². The van der Waals surface area contributed by atoms with Crippen LogP contribution in [0, 0.1) is 0 Å². The topological polar surface area (TPSA) is 79.5 Å². The molecule has 1 rings (SSSR count). The molecule has 0 amide bonds. The number of carboxylic acids is 1. The van der Waals surface area contributed by atoms with Crippen molar-refractivity contribution in [1.82, 2.24) is 15.2 Å². The van der Waals surface area contributed by atoms with Crippen LogP contribution < -0.4 is 0 Å². The van der Waals surface area contributed by atoms with Crippen LogP contribution in [0.1, 0.15) is 30.0 Å². The molecule has 0 radical (unpaired) electrons. The summed E-state index contributed by atoms with van der Waals surface area (Å²) in [6.45, 7) is 6.12. The average Bonchev–Trinajstić information content (AvgIpc) is 2.62. The zero-order chi connectivity index (χ0) is 10.6. The van der Waals surface area contributed by atoms with E-state index >= 15 is 0 Å². The summed E-state index contributed by atoms with van der Waals surface area (Å²) in [5.41, 5.74) is 0.276. The Bertz CT molecular complexity index is 307. The summed E-state index contributed by atoms with van der Waals surface area (Å²) >= 11 is 0. The fraction of sp³-hybridized carbons (Fsp3) is 0.625. The minimum absolute atomic E-state index is 0.100. The molecule has 0 fully saturated rings. The van der Waals surface area contributed by atoms with E-state index in [4.69, 9.17) is 5.11 Å². The molecule has 0 aromatic carbocycles. The molecule has 0 saturated carbocycles. The molecule has 78 valence electrons. The van der Waals surface area contributed by atoms with Crippen molar-refractivity contribution in [2.45, 2.75) is 20.4 Å². The van der Waals surface area contributed by atoms with Gasteiger partial charge in [0.25, 0.3) is 0 Å². The molecule has 0 bridgehead atoms. The fourth-order valence-corrected chi connectivity index (χ4v) is 1.13. The SMILES string of the molecule is CCN(CC)Cc1nonc1C(=O)O. The summed E-state index contributed by atoms with van der Waals surface area (Å²) in [6, 6.07) is 0. The number of carboxylic acid groups (broad SMARTS) is 1. The number of hydrogen-bond acceptors (Lipinski definition) is 5. The van der Waals surface area contributed by atoms with Gasteiger partial charge in [0.05, 0.1) is 0 Å². The summed E-state index contributed by atoms with van der Waals surface area (Å²) < 4.78 is 4.39. The lowest BCUT2D eigenvalue weighted by Gasteiger charge is -2.15. The number of carbonyl (C=O) groups is 1. The van der Waals surface area contributed by atoms with Crippen LogP contribution in [0.5, 0.6) is 0 Å². The van der Waals surface area contributed by atoms with E-state index in [-0.39, 0.29) is 5.69 Å². The highest BCUT2D eigenvalue weighted by atomic mass is 16.6. The summed E-state index contributed by atoms with van der Waals surface area (Å²) in [6.07, 6.45) is 0. The van der Waals surface area contributed by atoms with E-state index in [1.165, 1.54) is 0 Å². The zero-order valence-electron chi connectivity index (χ0n) is 8.23. The van der Waals surface area contributed by atoms with Crippen LogP contribution in [0.25, 0.3) is 0 Å². The third-order valence-electron chi connectivity index (χ3n) is 2.03. The van der Waals surface area contributed by atoms with Crippen molar-refractivity contribution in [1.29, 1.82) is 0 Å². The average molecular weight is 199 g/mol. The van der Waals surface area contributed by atoms with Gasteiger partial charge in [-0.2, -0.15) is 0 Å². The van der Waals surface area contributed by atoms with Gasteiger partial charge in [-0.3, -0.25) is 4.90 Å². The van der Waals surface area contributed by atoms with Crippen molar-refractivity contribution < 1.29 is 14.5 Å². The van der Waals surface area contributed by atoms with Gasteiger partial charge in [-0.25, -0.2) is 9.42 Å². The van der Waals surface area contributed by atoms with Gasteiger partial charge in [0.15, 0.2) is 0 Å². The molecule has 0 saturated heterocycles. The Morgan fingerprint density at radius 1 is 1.43 bits per heavy atom. The predicted molar refractivity (Wildman–Crippen MR) is 47.9 cm³/mol. The van der Waals surface area contributed by atoms with E-state index < -0.39 is 5.97 Å². The highest BCUT2D eigenvalue weighted by molar-refractivity contribution is 5.86. The molecular formula is C8H13N3O3. The minimum Gasteiger partial charge on any atom is -0.476 e. The van der Waals surface area contributed by atoms with Crippen molar-refractivity contribution in [3.05, 3.63) is 11.4 Å². The van der Waals surface area contributed by atoms with Crippen molar-refractivity contribution in [3.63, 3.8) is 0 Å². The van der Waals surface area contributed by atoms with Crippen molar-refractivity contribution in [2.24, 2.45) is 0 Å². The molecule has 0 aliphatic rings. The van der Waals surface area contributed by atoms with Crippen molar-refractivity contribution in [2.75, 3.05) is 13.1 Å². The number of hydrogen-bond donors (Lipinski definition) is 1. The van der Waals surface area contributed by atoms with Gasteiger partial charge in [0, 0.05) is 6.54 Å². The van der Waals surface area contributed by atoms with Gasteiger partial charge in [0.2, 0.25) is 5.69 Å². The van der Waals surface area contributed by atoms with E-state index in [9.17, 15) is 4.79 Å². The lowest BCUT2D eigenvalue weighted by molar-refractivity contribution is 0.0683. The molecule has 6 heteroatoms. The molecule has 1 aromatic rings. The molecule has 0 spiro atoms. The quantitative estimate of drug-likeness (QED) is 0.748. The Hall–Kier alpha value is -1.43. The van der Waals surface area contributed by atoms with Crippen LogP contribution >= 0.6 is 0 Å². The molecule has 6 nitrogen and oxygen atoms in total. The number of nitrogens with zero attached hydrogens (tertiary/aromatic N) is 3. The second kappa shape index (κ2) is 4.71. The van der Waals surface area contributed by atoms with Crippen LogP contribution in [0.4, 0.5) is 0 Å². The molecule has 1 heterocycles. The monoisotopic (exact) mass is 199 g/mol. The Balaban J connectivity index is 2.75. The lowest BCUT2D eigenvalue weighted by Crippen LogP contribution is -2.23. The molecule has 0 aliphatic carbocycles. The van der Waals surface area contributed by atoms with Crippen LogP contribution in [0.2, 0.25) is 0 Å². The first-order valence-corrected chi connectivity index (χ1v) is 4.46. The standard InChI is InChI=1S/C8H13N3O3/c1-3-11(4-2)5-6-7(8(12)13)10-14-9-6/h3-5H2,1-2H3,(H,12,13). The van der Waals surface area contributed by atoms with Gasteiger partial charge < -0.3 is 5.11 Å². The molecule has 1 aromatic heterocycles. The second-order valence-electron chi connectivity index (χ2n) is 2.83.